The molecule has 0 saturated carbocycles. The molecule has 0 N–H and O–H groups in total. The SMILES string of the molecule is Cc1ccnc(C#CC(C)(C)C(C)(F)F)c1F. The van der Waals surface area contributed by atoms with E-state index < -0.39 is 17.2 Å². The molecule has 0 amide bonds. The summed E-state index contributed by atoms with van der Waals surface area (Å²) in [7, 11) is 0. The van der Waals surface area contributed by atoms with Crippen LogP contribution in [0.3, 0.4) is 0 Å². The highest BCUT2D eigenvalue weighted by Gasteiger charge is 2.40. The van der Waals surface area contributed by atoms with E-state index in [0.29, 0.717) is 5.56 Å². The second-order valence-electron chi connectivity index (χ2n) is 4.55. The summed E-state index contributed by atoms with van der Waals surface area (Å²) in [6.45, 7) is 4.99. The molecule has 0 unspecified atom stereocenters. The lowest BCUT2D eigenvalue weighted by molar-refractivity contribution is -0.0585. The van der Waals surface area contributed by atoms with Gasteiger partial charge in [-0.05, 0) is 38.3 Å². The fourth-order valence-electron chi connectivity index (χ4n) is 0.953. The van der Waals surface area contributed by atoms with Crippen LogP contribution in [0, 0.1) is 30.0 Å². The molecular formula is C13H14F3N. The van der Waals surface area contributed by atoms with Crippen molar-refractivity contribution in [1.29, 1.82) is 0 Å². The predicted molar refractivity (Wildman–Crippen MR) is 60.2 cm³/mol. The van der Waals surface area contributed by atoms with Gasteiger partial charge in [-0.15, -0.1) is 0 Å². The van der Waals surface area contributed by atoms with E-state index in [-0.39, 0.29) is 5.69 Å². The lowest BCUT2D eigenvalue weighted by Gasteiger charge is -2.25. The zero-order valence-corrected chi connectivity index (χ0v) is 10.2. The molecule has 0 aromatic carbocycles. The first kappa shape index (κ1) is 13.6. The first-order valence-electron chi connectivity index (χ1n) is 5.17. The minimum Gasteiger partial charge on any atom is -0.245 e. The summed E-state index contributed by atoms with van der Waals surface area (Å²) in [5, 5.41) is 0. The molecule has 17 heavy (non-hydrogen) atoms. The molecule has 0 bridgehead atoms. The highest BCUT2D eigenvalue weighted by atomic mass is 19.3. The second-order valence-corrected chi connectivity index (χ2v) is 4.55. The number of alkyl halides is 2. The Morgan fingerprint density at radius 3 is 2.35 bits per heavy atom. The third-order valence-corrected chi connectivity index (χ3v) is 2.67. The molecule has 0 fully saturated rings. The number of hydrogen-bond acceptors (Lipinski definition) is 1. The van der Waals surface area contributed by atoms with Crippen molar-refractivity contribution in [2.75, 3.05) is 0 Å². The molecule has 0 atom stereocenters. The molecule has 1 rings (SSSR count). The maximum atomic E-state index is 13.5. The normalized spacial score (nSPS) is 11.9. The Bertz CT molecular complexity index is 476. The molecule has 1 heterocycles. The standard InChI is InChI=1S/C13H14F3N/c1-9-6-8-17-10(11(9)14)5-7-12(2,3)13(4,15)16/h6,8H,1-4H3. The number of hydrogen-bond donors (Lipinski definition) is 0. The maximum absolute atomic E-state index is 13.5. The van der Waals surface area contributed by atoms with Crippen LogP contribution in [0.2, 0.25) is 0 Å². The van der Waals surface area contributed by atoms with Gasteiger partial charge in [0, 0.05) is 13.1 Å². The maximum Gasteiger partial charge on any atom is 0.261 e. The van der Waals surface area contributed by atoms with E-state index in [9.17, 15) is 13.2 Å². The predicted octanol–water partition coefficient (Wildman–Crippen LogP) is 3.56. The minimum absolute atomic E-state index is 0.0951. The summed E-state index contributed by atoms with van der Waals surface area (Å²) < 4.78 is 39.9. The lowest BCUT2D eigenvalue weighted by Crippen LogP contribution is -2.31. The molecule has 92 valence electrons. The molecule has 1 aromatic rings. The summed E-state index contributed by atoms with van der Waals surface area (Å²) in [5.74, 6) is 1.25. The van der Waals surface area contributed by atoms with Gasteiger partial charge in [0.25, 0.3) is 5.92 Å². The zero-order chi connectivity index (χ0) is 13.3. The van der Waals surface area contributed by atoms with E-state index in [1.165, 1.54) is 26.1 Å². The van der Waals surface area contributed by atoms with Gasteiger partial charge >= 0.3 is 0 Å². The van der Waals surface area contributed by atoms with E-state index in [1.807, 2.05) is 0 Å². The van der Waals surface area contributed by atoms with Gasteiger partial charge in [0.05, 0.1) is 5.41 Å². The van der Waals surface area contributed by atoms with Crippen molar-refractivity contribution in [1.82, 2.24) is 4.98 Å². The first-order chi connectivity index (χ1) is 7.65. The number of aryl methyl sites for hydroxylation is 1. The van der Waals surface area contributed by atoms with Gasteiger partial charge in [0.15, 0.2) is 5.82 Å². The quantitative estimate of drug-likeness (QED) is 0.685. The number of nitrogens with zero attached hydrogens (tertiary/aromatic N) is 1. The van der Waals surface area contributed by atoms with Gasteiger partial charge < -0.3 is 0 Å². The highest BCUT2D eigenvalue weighted by Crippen LogP contribution is 2.34. The Morgan fingerprint density at radius 1 is 1.24 bits per heavy atom. The molecule has 0 aliphatic carbocycles. The van der Waals surface area contributed by atoms with Gasteiger partial charge in [-0.3, -0.25) is 0 Å². The van der Waals surface area contributed by atoms with Crippen LogP contribution in [0.5, 0.6) is 0 Å². The molecule has 0 saturated heterocycles. The van der Waals surface area contributed by atoms with Crippen LogP contribution in [0.25, 0.3) is 0 Å². The van der Waals surface area contributed by atoms with Crippen LogP contribution in [-0.4, -0.2) is 10.9 Å². The van der Waals surface area contributed by atoms with E-state index in [1.54, 1.807) is 6.92 Å². The van der Waals surface area contributed by atoms with Gasteiger partial charge in [-0.1, -0.05) is 5.92 Å². The molecule has 1 nitrogen and oxygen atoms in total. The van der Waals surface area contributed by atoms with Crippen molar-refractivity contribution in [3.63, 3.8) is 0 Å². The zero-order valence-electron chi connectivity index (χ0n) is 10.2. The minimum atomic E-state index is -2.96. The van der Waals surface area contributed by atoms with Crippen LogP contribution in [0.15, 0.2) is 12.3 Å². The van der Waals surface area contributed by atoms with Crippen molar-refractivity contribution < 1.29 is 13.2 Å². The number of aromatic nitrogens is 1. The van der Waals surface area contributed by atoms with Crippen LogP contribution < -0.4 is 0 Å². The summed E-state index contributed by atoms with van der Waals surface area (Å²) >= 11 is 0. The Balaban J connectivity index is 3.12. The molecule has 0 aliphatic rings. The average Bonchev–Trinajstić information content (AvgIpc) is 2.18. The van der Waals surface area contributed by atoms with E-state index in [0.717, 1.165) is 6.92 Å². The summed E-state index contributed by atoms with van der Waals surface area (Å²) in [6.07, 6.45) is 1.40. The van der Waals surface area contributed by atoms with Gasteiger partial charge in [-0.25, -0.2) is 18.2 Å². The molecule has 1 aromatic heterocycles. The lowest BCUT2D eigenvalue weighted by atomic mass is 9.87. The van der Waals surface area contributed by atoms with Crippen molar-refractivity contribution in [2.45, 2.75) is 33.6 Å². The number of halogens is 3. The fraction of sp³-hybridized carbons (Fsp3) is 0.462. The van der Waals surface area contributed by atoms with Gasteiger partial charge in [0.2, 0.25) is 0 Å². The smallest absolute Gasteiger partial charge is 0.245 e. The van der Waals surface area contributed by atoms with Gasteiger partial charge in [0.1, 0.15) is 5.69 Å². The molecule has 0 radical (unpaired) electrons. The topological polar surface area (TPSA) is 12.9 Å². The summed E-state index contributed by atoms with van der Waals surface area (Å²) in [4.78, 5) is 3.73. The van der Waals surface area contributed by atoms with Crippen LogP contribution >= 0.6 is 0 Å². The highest BCUT2D eigenvalue weighted by molar-refractivity contribution is 5.34. The molecule has 4 heteroatoms. The average molecular weight is 241 g/mol. The Kier molecular flexibility index (Phi) is 3.51. The summed E-state index contributed by atoms with van der Waals surface area (Å²) in [6, 6.07) is 1.50. The fourth-order valence-corrected chi connectivity index (χ4v) is 0.953. The molecule has 0 aliphatic heterocycles. The third kappa shape index (κ3) is 3.00. The Labute approximate surface area is 99.1 Å². The monoisotopic (exact) mass is 241 g/mol. The van der Waals surface area contributed by atoms with E-state index in [2.05, 4.69) is 16.8 Å². The summed E-state index contributed by atoms with van der Waals surface area (Å²) in [5.41, 5.74) is -1.22. The number of pyridine rings is 1. The van der Waals surface area contributed by atoms with E-state index >= 15 is 0 Å². The third-order valence-electron chi connectivity index (χ3n) is 2.67. The van der Waals surface area contributed by atoms with Crippen molar-refractivity contribution in [3.8, 4) is 11.8 Å². The number of rotatable bonds is 1. The van der Waals surface area contributed by atoms with Gasteiger partial charge in [-0.2, -0.15) is 0 Å². The second kappa shape index (κ2) is 4.40. The Hall–Kier alpha value is -1.50. The molecule has 0 spiro atoms. The largest absolute Gasteiger partial charge is 0.261 e. The van der Waals surface area contributed by atoms with E-state index in [4.69, 9.17) is 0 Å². The van der Waals surface area contributed by atoms with Crippen LogP contribution in [0.1, 0.15) is 32.0 Å². The van der Waals surface area contributed by atoms with Crippen molar-refractivity contribution in [3.05, 3.63) is 29.3 Å². The van der Waals surface area contributed by atoms with Crippen molar-refractivity contribution in [2.24, 2.45) is 5.41 Å². The molecular weight excluding hydrogens is 227 g/mol. The van der Waals surface area contributed by atoms with Crippen molar-refractivity contribution >= 4 is 0 Å². The van der Waals surface area contributed by atoms with Crippen LogP contribution in [0.4, 0.5) is 13.2 Å². The van der Waals surface area contributed by atoms with Crippen LogP contribution in [-0.2, 0) is 0 Å². The first-order valence-corrected chi connectivity index (χ1v) is 5.17. The Morgan fingerprint density at radius 2 is 1.82 bits per heavy atom.